The molecule has 1 saturated carbocycles. The van der Waals surface area contributed by atoms with E-state index in [1.165, 1.54) is 10.5 Å². The Morgan fingerprint density at radius 1 is 0.948 bits per heavy atom. The summed E-state index contributed by atoms with van der Waals surface area (Å²) in [6.07, 6.45) is 4.98. The van der Waals surface area contributed by atoms with Crippen molar-refractivity contribution in [1.82, 2.24) is 36.8 Å². The van der Waals surface area contributed by atoms with E-state index < -0.39 is 65.5 Å². The van der Waals surface area contributed by atoms with Crippen LogP contribution in [0.4, 0.5) is 4.79 Å². The molecule has 58 heavy (non-hydrogen) atoms. The Kier molecular flexibility index (Phi) is 17.0. The number of alkyl carbamates (subject to hydrolysis) is 1. The van der Waals surface area contributed by atoms with Gasteiger partial charge in [0, 0.05) is 32.7 Å². The molecule has 0 bridgehead atoms. The van der Waals surface area contributed by atoms with Crippen molar-refractivity contribution >= 4 is 41.5 Å². The van der Waals surface area contributed by atoms with E-state index in [-0.39, 0.29) is 62.2 Å². The smallest absolute Gasteiger partial charge is 0.414 e. The lowest BCUT2D eigenvalue weighted by molar-refractivity contribution is -0.139. The minimum atomic E-state index is -0.879. The van der Waals surface area contributed by atoms with Crippen molar-refractivity contribution in [3.63, 3.8) is 0 Å². The average Bonchev–Trinajstić information content (AvgIpc) is 4.03. The summed E-state index contributed by atoms with van der Waals surface area (Å²) in [7, 11) is 1.58. The number of carbonyl (C=O) groups excluding carboxylic acids is 7. The fourth-order valence-corrected chi connectivity index (χ4v) is 7.99. The van der Waals surface area contributed by atoms with Crippen molar-refractivity contribution < 1.29 is 52.5 Å². The van der Waals surface area contributed by atoms with Gasteiger partial charge in [-0.05, 0) is 59.3 Å². The van der Waals surface area contributed by atoms with Gasteiger partial charge in [-0.3, -0.25) is 34.1 Å². The number of hydrogen-bond acceptors (Lipinski definition) is 12. The maximum atomic E-state index is 13.3. The number of carbonyl (C=O) groups is 7. The maximum absolute atomic E-state index is 13.3. The topological polar surface area (TPSA) is 238 Å². The monoisotopic (exact) mass is 819 g/mol. The average molecular weight is 820 g/mol. The lowest BCUT2D eigenvalue weighted by Crippen LogP contribution is -2.56. The molecule has 18 heteroatoms. The minimum absolute atomic E-state index is 0.00361. The molecule has 7 amide bonds. The summed E-state index contributed by atoms with van der Waals surface area (Å²) in [6.45, 7) is 12.0. The standard InChI is InChI=1S/C40H65N7O11/c1-8-9-11-26(45-37(53)27-12-10-19-47(27)32(50)22-43-30(48)21-44-35(51)25(4)5)36(52)42-18-17-41-20-31(49)46-38(54)57-28-15-16-40(23-56-40)34(33(28)55-7)39(6)29(58-39)14-13-24(2)3/h13,25-29,33-34,41H,8-12,14-23H2,1-7H3,(H,42,52)(H,43,48)(H,44,51)(H,45,53)(H,46,49,54)/t26?,27?,28-,29?,33-,34-,39-,40+/m1/s1. The van der Waals surface area contributed by atoms with Crippen LogP contribution in [-0.4, -0.2) is 141 Å². The van der Waals surface area contributed by atoms with Crippen molar-refractivity contribution in [2.75, 3.05) is 53.0 Å². The number of amides is 7. The first kappa shape index (κ1) is 46.6. The summed E-state index contributed by atoms with van der Waals surface area (Å²) in [5, 5.41) is 15.7. The predicted molar refractivity (Wildman–Crippen MR) is 211 cm³/mol. The normalized spacial score (nSPS) is 27.6. The third-order valence-corrected chi connectivity index (χ3v) is 11.4. The van der Waals surface area contributed by atoms with Gasteiger partial charge in [0.15, 0.2) is 0 Å². The minimum Gasteiger partial charge on any atom is -0.443 e. The Labute approximate surface area is 341 Å². The third kappa shape index (κ3) is 12.7. The van der Waals surface area contributed by atoms with E-state index in [0.717, 1.165) is 12.8 Å². The molecule has 8 atom stereocenters. The molecule has 1 aliphatic carbocycles. The van der Waals surface area contributed by atoms with Gasteiger partial charge in [-0.2, -0.15) is 0 Å². The van der Waals surface area contributed by atoms with Crippen molar-refractivity contribution in [1.29, 1.82) is 0 Å². The molecule has 0 aromatic heterocycles. The fourth-order valence-electron chi connectivity index (χ4n) is 7.99. The van der Waals surface area contributed by atoms with Crippen LogP contribution >= 0.6 is 0 Å². The van der Waals surface area contributed by atoms with E-state index in [9.17, 15) is 33.6 Å². The van der Waals surface area contributed by atoms with Gasteiger partial charge in [-0.25, -0.2) is 4.79 Å². The lowest BCUT2D eigenvalue weighted by atomic mass is 9.68. The summed E-state index contributed by atoms with van der Waals surface area (Å²) in [4.78, 5) is 90.1. The Morgan fingerprint density at radius 3 is 2.34 bits per heavy atom. The number of likely N-dealkylation sites (tertiary alicyclic amines) is 1. The quantitative estimate of drug-likeness (QED) is 0.0530. The largest absolute Gasteiger partial charge is 0.443 e. The zero-order valence-electron chi connectivity index (χ0n) is 35.2. The molecular formula is C40H65N7O11. The van der Waals surface area contributed by atoms with Crippen LogP contribution in [0, 0.1) is 11.8 Å². The van der Waals surface area contributed by atoms with Crippen LogP contribution in [0.25, 0.3) is 0 Å². The molecule has 1 spiro atoms. The van der Waals surface area contributed by atoms with Crippen LogP contribution < -0.4 is 31.9 Å². The molecule has 0 aromatic rings. The molecule has 3 unspecified atom stereocenters. The summed E-state index contributed by atoms with van der Waals surface area (Å²) in [5.41, 5.74) is 0.338. The fraction of sp³-hybridized carbons (Fsp3) is 0.775. The number of epoxide rings is 2. The van der Waals surface area contributed by atoms with Crippen molar-refractivity contribution in [3.8, 4) is 0 Å². The first-order valence-electron chi connectivity index (χ1n) is 20.7. The molecule has 6 N–H and O–H groups in total. The predicted octanol–water partition coefficient (Wildman–Crippen LogP) is 0.576. The van der Waals surface area contributed by atoms with E-state index in [1.54, 1.807) is 21.0 Å². The number of methoxy groups -OCH3 is 1. The SMILES string of the molecule is CCCCC(NC(=O)C1CCCN1C(=O)CNC(=O)CNC(=O)C(C)C)C(=O)NCCNCC(=O)NC(=O)O[C@@H]1CC[C@]2(CO2)[C@@H]([C@]2(C)OC2CC=C(C)C)[C@@H]1OC. The highest BCUT2D eigenvalue weighted by Crippen LogP contribution is 2.59. The molecule has 4 rings (SSSR count). The van der Waals surface area contributed by atoms with E-state index in [4.69, 9.17) is 18.9 Å². The number of rotatable bonds is 21. The number of imide groups is 1. The molecule has 3 heterocycles. The number of nitrogens with one attached hydrogen (secondary N) is 6. The van der Waals surface area contributed by atoms with Crippen LogP contribution in [-0.2, 0) is 47.7 Å². The summed E-state index contributed by atoms with van der Waals surface area (Å²) in [6, 6.07) is -1.64. The Morgan fingerprint density at radius 2 is 1.69 bits per heavy atom. The van der Waals surface area contributed by atoms with E-state index in [0.29, 0.717) is 51.7 Å². The molecular weight excluding hydrogens is 754 g/mol. The van der Waals surface area contributed by atoms with Gasteiger partial charge < -0.3 is 50.4 Å². The molecule has 3 saturated heterocycles. The van der Waals surface area contributed by atoms with E-state index >= 15 is 0 Å². The van der Waals surface area contributed by atoms with Crippen LogP contribution in [0.2, 0.25) is 0 Å². The van der Waals surface area contributed by atoms with Gasteiger partial charge in [0.25, 0.3) is 0 Å². The van der Waals surface area contributed by atoms with E-state index in [2.05, 4.69) is 44.9 Å². The molecule has 4 fully saturated rings. The molecule has 4 aliphatic rings. The first-order chi connectivity index (χ1) is 27.5. The highest BCUT2D eigenvalue weighted by atomic mass is 16.6. The van der Waals surface area contributed by atoms with Crippen LogP contribution in [0.3, 0.4) is 0 Å². The van der Waals surface area contributed by atoms with Crippen molar-refractivity contribution in [2.45, 2.75) is 135 Å². The van der Waals surface area contributed by atoms with Crippen molar-refractivity contribution in [3.05, 3.63) is 11.6 Å². The van der Waals surface area contributed by atoms with Gasteiger partial charge in [-0.15, -0.1) is 0 Å². The Balaban J connectivity index is 1.17. The lowest BCUT2D eigenvalue weighted by Gasteiger charge is -2.42. The number of unbranched alkanes of at least 4 members (excludes halogenated alkanes) is 1. The summed E-state index contributed by atoms with van der Waals surface area (Å²) < 4.78 is 23.8. The molecule has 0 aromatic carbocycles. The summed E-state index contributed by atoms with van der Waals surface area (Å²) >= 11 is 0. The van der Waals surface area contributed by atoms with Crippen LogP contribution in [0.15, 0.2) is 11.6 Å². The van der Waals surface area contributed by atoms with Gasteiger partial charge >= 0.3 is 6.09 Å². The highest BCUT2D eigenvalue weighted by Gasteiger charge is 2.72. The number of ether oxygens (including phenoxy) is 4. The molecule has 0 radical (unpaired) electrons. The van der Waals surface area contributed by atoms with Crippen LogP contribution in [0.5, 0.6) is 0 Å². The first-order valence-corrected chi connectivity index (χ1v) is 20.7. The highest BCUT2D eigenvalue weighted by molar-refractivity contribution is 5.94. The number of hydrogen-bond donors (Lipinski definition) is 6. The van der Waals surface area contributed by atoms with Gasteiger partial charge in [0.05, 0.1) is 38.3 Å². The van der Waals surface area contributed by atoms with Crippen LogP contribution in [0.1, 0.15) is 92.9 Å². The second-order valence-electron chi connectivity index (χ2n) is 16.4. The van der Waals surface area contributed by atoms with Gasteiger partial charge in [0.1, 0.15) is 35.5 Å². The Hall–Kier alpha value is -4.13. The molecule has 326 valence electrons. The molecule has 3 aliphatic heterocycles. The second-order valence-corrected chi connectivity index (χ2v) is 16.4. The zero-order chi connectivity index (χ0) is 42.6. The van der Waals surface area contributed by atoms with Crippen molar-refractivity contribution in [2.24, 2.45) is 11.8 Å². The third-order valence-electron chi connectivity index (χ3n) is 11.4. The number of nitrogens with zero attached hydrogens (tertiary/aromatic N) is 1. The summed E-state index contributed by atoms with van der Waals surface area (Å²) in [5.74, 6) is -3.16. The maximum Gasteiger partial charge on any atom is 0.414 e. The second kappa shape index (κ2) is 21.2. The number of allylic oxidation sites excluding steroid dienone is 1. The van der Waals surface area contributed by atoms with E-state index in [1.807, 2.05) is 20.8 Å². The molecule has 18 nitrogen and oxygen atoms in total. The van der Waals surface area contributed by atoms with Gasteiger partial charge in [0.2, 0.25) is 35.4 Å². The van der Waals surface area contributed by atoms with Gasteiger partial charge in [-0.1, -0.05) is 45.3 Å². The zero-order valence-corrected chi connectivity index (χ0v) is 35.2. The Bertz CT molecular complexity index is 1530.